The van der Waals surface area contributed by atoms with Gasteiger partial charge in [-0.25, -0.2) is 13.1 Å². The van der Waals surface area contributed by atoms with Crippen molar-refractivity contribution in [3.63, 3.8) is 0 Å². The Kier molecular flexibility index (Phi) is 6.09. The molecule has 1 amide bonds. The van der Waals surface area contributed by atoms with Gasteiger partial charge in [-0.05, 0) is 82.3 Å². The third kappa shape index (κ3) is 4.44. The van der Waals surface area contributed by atoms with Crippen LogP contribution < -0.4 is 5.32 Å². The van der Waals surface area contributed by atoms with Gasteiger partial charge in [0.2, 0.25) is 10.0 Å². The van der Waals surface area contributed by atoms with Gasteiger partial charge in [-0.3, -0.25) is 4.79 Å². The molecule has 0 fully saturated rings. The van der Waals surface area contributed by atoms with Crippen molar-refractivity contribution in [1.29, 1.82) is 0 Å². The lowest BCUT2D eigenvalue weighted by Crippen LogP contribution is -2.33. The van der Waals surface area contributed by atoms with E-state index < -0.39 is 10.0 Å². The first-order chi connectivity index (χ1) is 14.1. The molecule has 1 heterocycles. The summed E-state index contributed by atoms with van der Waals surface area (Å²) in [6.07, 6.45) is 0. The number of anilines is 1. The number of amides is 1. The van der Waals surface area contributed by atoms with E-state index in [1.165, 1.54) is 16.4 Å². The highest BCUT2D eigenvalue weighted by atomic mass is 32.2. The van der Waals surface area contributed by atoms with Gasteiger partial charge in [-0.2, -0.15) is 9.40 Å². The second kappa shape index (κ2) is 8.41. The zero-order valence-electron chi connectivity index (χ0n) is 17.7. The number of sulfonamides is 1. The SMILES string of the molecule is Cc1cc(C)n(-c2ccc(C(=O)Nc3ccc(S(=O)(=O)N(C)C(C)C)cc3)cc2)n1. The van der Waals surface area contributed by atoms with Crippen molar-refractivity contribution < 1.29 is 13.2 Å². The van der Waals surface area contributed by atoms with Crippen LogP contribution in [0.1, 0.15) is 35.6 Å². The van der Waals surface area contributed by atoms with Crippen LogP contribution in [-0.4, -0.2) is 41.5 Å². The molecule has 0 aliphatic heterocycles. The van der Waals surface area contributed by atoms with Gasteiger partial charge >= 0.3 is 0 Å². The molecule has 0 unspecified atom stereocenters. The number of nitrogens with one attached hydrogen (secondary N) is 1. The highest BCUT2D eigenvalue weighted by Gasteiger charge is 2.22. The molecule has 8 heteroatoms. The fourth-order valence-electron chi connectivity index (χ4n) is 3.00. The molecule has 30 heavy (non-hydrogen) atoms. The first-order valence-corrected chi connectivity index (χ1v) is 11.1. The van der Waals surface area contributed by atoms with Crippen LogP contribution in [0.5, 0.6) is 0 Å². The topological polar surface area (TPSA) is 84.3 Å². The van der Waals surface area contributed by atoms with Gasteiger partial charge < -0.3 is 5.32 Å². The summed E-state index contributed by atoms with van der Waals surface area (Å²) >= 11 is 0. The fraction of sp³-hybridized carbons (Fsp3) is 0.273. The number of hydrogen-bond donors (Lipinski definition) is 1. The Morgan fingerprint density at radius 2 is 1.63 bits per heavy atom. The van der Waals surface area contributed by atoms with Gasteiger partial charge in [0.05, 0.1) is 16.3 Å². The van der Waals surface area contributed by atoms with Crippen molar-refractivity contribution in [3.8, 4) is 5.69 Å². The van der Waals surface area contributed by atoms with E-state index in [9.17, 15) is 13.2 Å². The second-order valence-electron chi connectivity index (χ2n) is 7.48. The molecular weight excluding hydrogens is 400 g/mol. The van der Waals surface area contributed by atoms with Crippen molar-refractivity contribution in [2.45, 2.75) is 38.6 Å². The normalized spacial score (nSPS) is 11.8. The third-order valence-electron chi connectivity index (χ3n) is 4.90. The van der Waals surface area contributed by atoms with Gasteiger partial charge in [-0.1, -0.05) is 0 Å². The first kappa shape index (κ1) is 21.7. The molecule has 0 radical (unpaired) electrons. The van der Waals surface area contributed by atoms with E-state index in [1.807, 2.05) is 50.6 Å². The van der Waals surface area contributed by atoms with Gasteiger partial charge in [0, 0.05) is 30.0 Å². The van der Waals surface area contributed by atoms with Crippen molar-refractivity contribution in [2.24, 2.45) is 0 Å². The summed E-state index contributed by atoms with van der Waals surface area (Å²) in [4.78, 5) is 12.7. The highest BCUT2D eigenvalue weighted by molar-refractivity contribution is 7.89. The molecule has 1 N–H and O–H groups in total. The minimum atomic E-state index is -3.56. The molecule has 0 bridgehead atoms. The largest absolute Gasteiger partial charge is 0.322 e. The van der Waals surface area contributed by atoms with Crippen LogP contribution in [0.15, 0.2) is 59.5 Å². The van der Waals surface area contributed by atoms with E-state index in [4.69, 9.17) is 0 Å². The van der Waals surface area contributed by atoms with E-state index in [0.29, 0.717) is 11.3 Å². The third-order valence-corrected chi connectivity index (χ3v) is 6.95. The molecule has 0 spiro atoms. The summed E-state index contributed by atoms with van der Waals surface area (Å²) in [5, 5.41) is 7.23. The maximum atomic E-state index is 12.6. The van der Waals surface area contributed by atoms with Crippen LogP contribution in [0.2, 0.25) is 0 Å². The average molecular weight is 427 g/mol. The monoisotopic (exact) mass is 426 g/mol. The number of rotatable bonds is 6. The smallest absolute Gasteiger partial charge is 0.255 e. The standard InChI is InChI=1S/C22H26N4O3S/c1-15(2)25(5)30(28,29)21-12-8-19(9-13-21)23-22(27)18-6-10-20(11-7-18)26-17(4)14-16(3)24-26/h6-15H,1-5H3,(H,23,27). The van der Waals surface area contributed by atoms with Gasteiger partial charge in [-0.15, -0.1) is 0 Å². The van der Waals surface area contributed by atoms with Gasteiger partial charge in [0.1, 0.15) is 0 Å². The first-order valence-electron chi connectivity index (χ1n) is 9.63. The zero-order chi connectivity index (χ0) is 22.1. The molecular formula is C22H26N4O3S. The number of carbonyl (C=O) groups is 1. The predicted octanol–water partition coefficient (Wildman–Crippen LogP) is 3.77. The van der Waals surface area contributed by atoms with Crippen molar-refractivity contribution in [1.82, 2.24) is 14.1 Å². The van der Waals surface area contributed by atoms with E-state index in [0.717, 1.165) is 17.1 Å². The van der Waals surface area contributed by atoms with E-state index >= 15 is 0 Å². The van der Waals surface area contributed by atoms with Crippen molar-refractivity contribution >= 4 is 21.6 Å². The number of carbonyl (C=O) groups excluding carboxylic acids is 1. The molecule has 0 saturated carbocycles. The summed E-state index contributed by atoms with van der Waals surface area (Å²) in [6.45, 7) is 7.53. The van der Waals surface area contributed by atoms with E-state index in [-0.39, 0.29) is 16.8 Å². The summed E-state index contributed by atoms with van der Waals surface area (Å²) in [6, 6.07) is 15.2. The maximum absolute atomic E-state index is 12.6. The minimum absolute atomic E-state index is 0.146. The molecule has 2 aromatic carbocycles. The zero-order valence-corrected chi connectivity index (χ0v) is 18.6. The van der Waals surface area contributed by atoms with E-state index in [1.54, 1.807) is 31.3 Å². The Morgan fingerprint density at radius 1 is 1.03 bits per heavy atom. The summed E-state index contributed by atoms with van der Waals surface area (Å²) in [7, 11) is -2.01. The molecule has 0 atom stereocenters. The number of aryl methyl sites for hydroxylation is 2. The molecule has 3 aromatic rings. The fourth-order valence-corrected chi connectivity index (χ4v) is 4.37. The molecule has 7 nitrogen and oxygen atoms in total. The Morgan fingerprint density at radius 3 is 2.13 bits per heavy atom. The minimum Gasteiger partial charge on any atom is -0.322 e. The Bertz CT molecular complexity index is 1150. The predicted molar refractivity (Wildman–Crippen MR) is 118 cm³/mol. The van der Waals surface area contributed by atoms with Crippen LogP contribution in [-0.2, 0) is 10.0 Å². The van der Waals surface area contributed by atoms with Crippen molar-refractivity contribution in [2.75, 3.05) is 12.4 Å². The summed E-state index contributed by atoms with van der Waals surface area (Å²) in [5.41, 5.74) is 3.84. The molecule has 0 aliphatic rings. The Hall–Kier alpha value is -2.97. The molecule has 0 aliphatic carbocycles. The Balaban J connectivity index is 1.72. The van der Waals surface area contributed by atoms with Crippen LogP contribution >= 0.6 is 0 Å². The van der Waals surface area contributed by atoms with Crippen molar-refractivity contribution in [3.05, 3.63) is 71.5 Å². The number of hydrogen-bond acceptors (Lipinski definition) is 4. The Labute approximate surface area is 177 Å². The van der Waals surface area contributed by atoms with E-state index in [2.05, 4.69) is 10.4 Å². The number of nitrogens with zero attached hydrogens (tertiary/aromatic N) is 3. The lowest BCUT2D eigenvalue weighted by Gasteiger charge is -2.21. The molecule has 3 rings (SSSR count). The molecule has 0 saturated heterocycles. The second-order valence-corrected chi connectivity index (χ2v) is 9.48. The van der Waals surface area contributed by atoms with Crippen LogP contribution in [0, 0.1) is 13.8 Å². The average Bonchev–Trinajstić information content (AvgIpc) is 3.05. The molecule has 1 aromatic heterocycles. The van der Waals surface area contributed by atoms with Crippen LogP contribution in [0.25, 0.3) is 5.69 Å². The lowest BCUT2D eigenvalue weighted by molar-refractivity contribution is 0.102. The summed E-state index contributed by atoms with van der Waals surface area (Å²) in [5.74, 6) is -0.273. The number of benzene rings is 2. The van der Waals surface area contributed by atoms with Crippen LogP contribution in [0.4, 0.5) is 5.69 Å². The summed E-state index contributed by atoms with van der Waals surface area (Å²) < 4.78 is 28.2. The van der Waals surface area contributed by atoms with Crippen LogP contribution in [0.3, 0.4) is 0 Å². The number of aromatic nitrogens is 2. The van der Waals surface area contributed by atoms with Gasteiger partial charge in [0.15, 0.2) is 0 Å². The lowest BCUT2D eigenvalue weighted by atomic mass is 10.2. The van der Waals surface area contributed by atoms with Gasteiger partial charge in [0.25, 0.3) is 5.91 Å². The quantitative estimate of drug-likeness (QED) is 0.650. The highest BCUT2D eigenvalue weighted by Crippen LogP contribution is 2.20. The molecule has 158 valence electrons. The maximum Gasteiger partial charge on any atom is 0.255 e.